The molecule has 106 valence electrons. The number of nitro groups is 2. The van der Waals surface area contributed by atoms with E-state index < -0.39 is 32.8 Å². The summed E-state index contributed by atoms with van der Waals surface area (Å²) in [7, 11) is 0. The number of hydrogen-bond donors (Lipinski definition) is 0. The predicted molar refractivity (Wildman–Crippen MR) is 65.5 cm³/mol. The second-order valence-electron chi connectivity index (χ2n) is 4.36. The number of hydrogen-bond acceptors (Lipinski definition) is 7. The minimum atomic E-state index is -1.67. The maximum atomic E-state index is 11.1. The number of non-ortho nitro benzene ring substituents is 1. The first-order chi connectivity index (χ1) is 9.41. The molecular weight excluding hydrogens is 270 g/mol. The fourth-order valence-corrected chi connectivity index (χ4v) is 2.28. The van der Waals surface area contributed by atoms with E-state index in [-0.39, 0.29) is 5.69 Å². The van der Waals surface area contributed by atoms with Crippen molar-refractivity contribution in [1.29, 1.82) is 0 Å². The largest absolute Gasteiger partial charge is 0.545 e. The van der Waals surface area contributed by atoms with Crippen LogP contribution in [0.15, 0.2) is 12.1 Å². The molecule has 20 heavy (non-hydrogen) atoms. The summed E-state index contributed by atoms with van der Waals surface area (Å²) >= 11 is 0. The molecule has 0 aliphatic carbocycles. The molecule has 9 heteroatoms. The third kappa shape index (κ3) is 2.37. The van der Waals surface area contributed by atoms with Crippen LogP contribution in [0.1, 0.15) is 23.2 Å². The van der Waals surface area contributed by atoms with E-state index in [0.717, 1.165) is 25.0 Å². The number of carbonyl (C=O) groups excluding carboxylic acids is 1. The van der Waals surface area contributed by atoms with Gasteiger partial charge in [-0.1, -0.05) is 0 Å². The molecule has 0 aromatic heterocycles. The monoisotopic (exact) mass is 280 g/mol. The number of carboxylic acid groups (broad SMARTS) is 1. The van der Waals surface area contributed by atoms with Gasteiger partial charge in [0, 0.05) is 24.7 Å². The highest BCUT2D eigenvalue weighted by atomic mass is 16.6. The standard InChI is InChI=1S/C11H11N3O6/c15-11(16)8-5-7(13(17)18)6-9(14(19)20)10(8)12-3-1-2-4-12/h5-6H,1-4H2,(H,15,16)/p-1. The van der Waals surface area contributed by atoms with Crippen molar-refractivity contribution in [3.8, 4) is 0 Å². The zero-order chi connectivity index (χ0) is 14.9. The predicted octanol–water partition coefficient (Wildman–Crippen LogP) is 0.467. The molecule has 0 saturated carbocycles. The molecule has 0 atom stereocenters. The van der Waals surface area contributed by atoms with E-state index in [1.807, 2.05) is 0 Å². The fraction of sp³-hybridized carbons (Fsp3) is 0.364. The molecule has 0 bridgehead atoms. The zero-order valence-corrected chi connectivity index (χ0v) is 10.3. The number of carbonyl (C=O) groups is 1. The molecule has 1 aromatic rings. The average Bonchev–Trinajstić information content (AvgIpc) is 2.90. The van der Waals surface area contributed by atoms with Crippen molar-refractivity contribution in [2.45, 2.75) is 12.8 Å². The van der Waals surface area contributed by atoms with Gasteiger partial charge in [0.2, 0.25) is 0 Å². The summed E-state index contributed by atoms with van der Waals surface area (Å²) in [6.45, 7) is 0.942. The second-order valence-corrected chi connectivity index (χ2v) is 4.36. The molecule has 1 saturated heterocycles. The first-order valence-electron chi connectivity index (χ1n) is 5.85. The van der Waals surface area contributed by atoms with Crippen LogP contribution in [-0.2, 0) is 0 Å². The van der Waals surface area contributed by atoms with E-state index in [9.17, 15) is 30.1 Å². The molecular formula is C11H10N3O6-. The van der Waals surface area contributed by atoms with E-state index in [0.29, 0.717) is 13.1 Å². The molecule has 0 radical (unpaired) electrons. The van der Waals surface area contributed by atoms with Gasteiger partial charge in [0.15, 0.2) is 0 Å². The molecule has 1 aliphatic heterocycles. The van der Waals surface area contributed by atoms with Crippen molar-refractivity contribution in [3.05, 3.63) is 37.9 Å². The lowest BCUT2D eigenvalue weighted by atomic mass is 10.1. The van der Waals surface area contributed by atoms with Crippen molar-refractivity contribution in [2.24, 2.45) is 0 Å². The first kappa shape index (κ1) is 13.7. The third-order valence-electron chi connectivity index (χ3n) is 3.12. The van der Waals surface area contributed by atoms with Gasteiger partial charge in [0.05, 0.1) is 21.9 Å². The number of benzene rings is 1. The van der Waals surface area contributed by atoms with Gasteiger partial charge in [-0.3, -0.25) is 20.2 Å². The summed E-state index contributed by atoms with van der Waals surface area (Å²) < 4.78 is 0. The maximum absolute atomic E-state index is 11.1. The van der Waals surface area contributed by atoms with Gasteiger partial charge in [0.25, 0.3) is 11.4 Å². The van der Waals surface area contributed by atoms with Crippen LogP contribution in [0.2, 0.25) is 0 Å². The quantitative estimate of drug-likeness (QED) is 0.578. The number of carboxylic acids is 1. The number of nitrogens with zero attached hydrogens (tertiary/aromatic N) is 3. The van der Waals surface area contributed by atoms with Crippen molar-refractivity contribution >= 4 is 23.0 Å². The molecule has 1 aliphatic rings. The summed E-state index contributed by atoms with van der Waals surface area (Å²) in [5.41, 5.74) is -1.86. The van der Waals surface area contributed by atoms with Gasteiger partial charge in [-0.2, -0.15) is 0 Å². The number of rotatable bonds is 4. The van der Waals surface area contributed by atoms with Gasteiger partial charge in [-0.05, 0) is 12.8 Å². The lowest BCUT2D eigenvalue weighted by Gasteiger charge is -2.21. The molecule has 2 rings (SSSR count). The number of nitro benzene ring substituents is 2. The molecule has 0 amide bonds. The van der Waals surface area contributed by atoms with Crippen LogP contribution >= 0.6 is 0 Å². The van der Waals surface area contributed by atoms with E-state index >= 15 is 0 Å². The molecule has 1 heterocycles. The van der Waals surface area contributed by atoms with Gasteiger partial charge in [-0.25, -0.2) is 0 Å². The summed E-state index contributed by atoms with van der Waals surface area (Å²) in [4.78, 5) is 32.8. The third-order valence-corrected chi connectivity index (χ3v) is 3.12. The Hall–Kier alpha value is -2.71. The van der Waals surface area contributed by atoms with Crippen LogP contribution in [0.4, 0.5) is 17.1 Å². The first-order valence-corrected chi connectivity index (χ1v) is 5.85. The second kappa shape index (κ2) is 5.11. The van der Waals surface area contributed by atoms with E-state index in [4.69, 9.17) is 0 Å². The van der Waals surface area contributed by atoms with Crippen molar-refractivity contribution in [1.82, 2.24) is 0 Å². The molecule has 1 fully saturated rings. The van der Waals surface area contributed by atoms with Crippen LogP contribution < -0.4 is 10.0 Å². The number of aromatic carboxylic acids is 1. The Balaban J connectivity index is 2.70. The topological polar surface area (TPSA) is 130 Å². The Labute approximate surface area is 112 Å². The Morgan fingerprint density at radius 2 is 1.70 bits per heavy atom. The molecule has 0 N–H and O–H groups in total. The lowest BCUT2D eigenvalue weighted by molar-refractivity contribution is -0.393. The van der Waals surface area contributed by atoms with Gasteiger partial charge in [-0.15, -0.1) is 0 Å². The van der Waals surface area contributed by atoms with Crippen LogP contribution in [-0.4, -0.2) is 28.9 Å². The summed E-state index contributed by atoms with van der Waals surface area (Å²) in [6.07, 6.45) is 1.56. The molecule has 1 aromatic carbocycles. The average molecular weight is 280 g/mol. The van der Waals surface area contributed by atoms with Crippen LogP contribution in [0.25, 0.3) is 0 Å². The van der Waals surface area contributed by atoms with Crippen LogP contribution in [0, 0.1) is 20.2 Å². The minimum Gasteiger partial charge on any atom is -0.545 e. The van der Waals surface area contributed by atoms with Gasteiger partial charge >= 0.3 is 0 Å². The maximum Gasteiger partial charge on any atom is 0.300 e. The van der Waals surface area contributed by atoms with Crippen molar-refractivity contribution in [2.75, 3.05) is 18.0 Å². The Kier molecular flexibility index (Phi) is 3.51. The summed E-state index contributed by atoms with van der Waals surface area (Å²) in [6, 6.07) is 1.58. The summed E-state index contributed by atoms with van der Waals surface area (Å²) in [5, 5.41) is 33.0. The fourth-order valence-electron chi connectivity index (χ4n) is 2.28. The highest BCUT2D eigenvalue weighted by molar-refractivity contribution is 5.97. The zero-order valence-electron chi connectivity index (χ0n) is 10.3. The minimum absolute atomic E-state index is 0.113. The smallest absolute Gasteiger partial charge is 0.300 e. The highest BCUT2D eigenvalue weighted by Crippen LogP contribution is 2.37. The van der Waals surface area contributed by atoms with Crippen molar-refractivity contribution < 1.29 is 19.7 Å². The molecule has 9 nitrogen and oxygen atoms in total. The van der Waals surface area contributed by atoms with Crippen LogP contribution in [0.5, 0.6) is 0 Å². The Bertz CT molecular complexity index is 559. The Morgan fingerprint density at radius 1 is 1.10 bits per heavy atom. The summed E-state index contributed by atoms with van der Waals surface area (Å²) in [5.74, 6) is -1.67. The van der Waals surface area contributed by atoms with Gasteiger partial charge < -0.3 is 14.8 Å². The Morgan fingerprint density at radius 3 is 2.15 bits per heavy atom. The van der Waals surface area contributed by atoms with Gasteiger partial charge in [0.1, 0.15) is 5.69 Å². The molecule has 0 unspecified atom stereocenters. The normalized spacial score (nSPS) is 14.3. The van der Waals surface area contributed by atoms with E-state index in [1.165, 1.54) is 0 Å². The number of anilines is 1. The molecule has 0 spiro atoms. The SMILES string of the molecule is O=C([O-])c1cc([N+](=O)[O-])cc([N+](=O)[O-])c1N1CCCC1. The van der Waals surface area contributed by atoms with E-state index in [1.54, 1.807) is 4.90 Å². The highest BCUT2D eigenvalue weighted by Gasteiger charge is 2.29. The van der Waals surface area contributed by atoms with E-state index in [2.05, 4.69) is 0 Å². The van der Waals surface area contributed by atoms with Crippen molar-refractivity contribution in [3.63, 3.8) is 0 Å². The lowest BCUT2D eigenvalue weighted by Crippen LogP contribution is -2.28. The van der Waals surface area contributed by atoms with Crippen LogP contribution in [0.3, 0.4) is 0 Å².